The van der Waals surface area contributed by atoms with Crippen LogP contribution in [0.1, 0.15) is 50.7 Å². The summed E-state index contributed by atoms with van der Waals surface area (Å²) in [6, 6.07) is 3.88. The van der Waals surface area contributed by atoms with E-state index >= 15 is 0 Å². The molecule has 29 heavy (non-hydrogen) atoms. The SMILES string of the molecule is CCCN(Cc1nnc(-c2cccs2)o1)C(=O)CSc1nnc(C2CC2)n1CC. The number of carbonyl (C=O) groups excluding carboxylic acids is 1. The Morgan fingerprint density at radius 2 is 2.17 bits per heavy atom. The first-order valence-corrected chi connectivity index (χ1v) is 11.8. The molecule has 154 valence electrons. The zero-order chi connectivity index (χ0) is 20.2. The van der Waals surface area contributed by atoms with E-state index in [-0.39, 0.29) is 5.91 Å². The van der Waals surface area contributed by atoms with Crippen molar-refractivity contribution in [2.75, 3.05) is 12.3 Å². The first-order chi connectivity index (χ1) is 14.2. The Labute approximate surface area is 177 Å². The van der Waals surface area contributed by atoms with Gasteiger partial charge in [0, 0.05) is 19.0 Å². The normalized spacial score (nSPS) is 13.7. The van der Waals surface area contributed by atoms with Gasteiger partial charge in [-0.2, -0.15) is 0 Å². The summed E-state index contributed by atoms with van der Waals surface area (Å²) in [5, 5.41) is 19.6. The van der Waals surface area contributed by atoms with E-state index in [2.05, 4.69) is 31.9 Å². The molecule has 3 aromatic heterocycles. The number of carbonyl (C=O) groups is 1. The molecule has 0 bridgehead atoms. The van der Waals surface area contributed by atoms with Gasteiger partial charge in [-0.25, -0.2) is 0 Å². The van der Waals surface area contributed by atoms with Gasteiger partial charge in [0.15, 0.2) is 5.16 Å². The van der Waals surface area contributed by atoms with Crippen LogP contribution in [0.3, 0.4) is 0 Å². The number of nitrogens with zero attached hydrogens (tertiary/aromatic N) is 6. The summed E-state index contributed by atoms with van der Waals surface area (Å²) < 4.78 is 7.88. The smallest absolute Gasteiger partial charge is 0.257 e. The molecule has 1 amide bonds. The van der Waals surface area contributed by atoms with Gasteiger partial charge in [-0.3, -0.25) is 4.79 Å². The van der Waals surface area contributed by atoms with Crippen molar-refractivity contribution < 1.29 is 9.21 Å². The topological polar surface area (TPSA) is 89.9 Å². The maximum Gasteiger partial charge on any atom is 0.257 e. The summed E-state index contributed by atoms with van der Waals surface area (Å²) in [5.74, 6) is 2.89. The van der Waals surface area contributed by atoms with Crippen molar-refractivity contribution in [2.24, 2.45) is 0 Å². The molecule has 1 fully saturated rings. The van der Waals surface area contributed by atoms with Crippen LogP contribution in [-0.2, 0) is 17.9 Å². The highest BCUT2D eigenvalue weighted by atomic mass is 32.2. The number of amides is 1. The van der Waals surface area contributed by atoms with Crippen LogP contribution in [0.5, 0.6) is 0 Å². The van der Waals surface area contributed by atoms with Crippen molar-refractivity contribution >= 4 is 29.0 Å². The van der Waals surface area contributed by atoms with E-state index in [4.69, 9.17) is 4.42 Å². The average molecular weight is 433 g/mol. The number of rotatable bonds is 10. The molecule has 0 N–H and O–H groups in total. The van der Waals surface area contributed by atoms with E-state index in [9.17, 15) is 4.79 Å². The molecule has 0 saturated heterocycles. The van der Waals surface area contributed by atoms with Crippen molar-refractivity contribution in [2.45, 2.75) is 57.3 Å². The van der Waals surface area contributed by atoms with Crippen LogP contribution in [0.4, 0.5) is 0 Å². The van der Waals surface area contributed by atoms with Crippen LogP contribution < -0.4 is 0 Å². The lowest BCUT2D eigenvalue weighted by molar-refractivity contribution is -0.129. The highest BCUT2D eigenvalue weighted by molar-refractivity contribution is 7.99. The minimum absolute atomic E-state index is 0.0337. The summed E-state index contributed by atoms with van der Waals surface area (Å²) in [6.45, 7) is 5.92. The molecule has 1 saturated carbocycles. The molecule has 0 radical (unpaired) electrons. The molecule has 0 unspecified atom stereocenters. The minimum atomic E-state index is 0.0337. The third kappa shape index (κ3) is 4.69. The first kappa shape index (κ1) is 20.1. The number of hydrogen-bond acceptors (Lipinski definition) is 8. The fraction of sp³-hybridized carbons (Fsp3) is 0.526. The molecular weight excluding hydrogens is 408 g/mol. The van der Waals surface area contributed by atoms with Crippen molar-refractivity contribution in [3.63, 3.8) is 0 Å². The molecule has 0 spiro atoms. The molecule has 3 heterocycles. The highest BCUT2D eigenvalue weighted by Crippen LogP contribution is 2.40. The Hall–Kier alpha value is -2.20. The third-order valence-corrected chi connectivity index (χ3v) is 6.51. The van der Waals surface area contributed by atoms with Gasteiger partial charge in [0.25, 0.3) is 5.89 Å². The van der Waals surface area contributed by atoms with Crippen LogP contribution in [-0.4, -0.2) is 48.1 Å². The van der Waals surface area contributed by atoms with Gasteiger partial charge in [0.1, 0.15) is 5.82 Å². The standard InChI is InChI=1S/C19H24N6O2S2/c1-3-9-24(11-15-20-22-18(27-15)14-6-5-10-28-14)16(26)12-29-19-23-21-17(13-7-8-13)25(19)4-2/h5-6,10,13H,3-4,7-9,11-12H2,1-2H3. The summed E-state index contributed by atoms with van der Waals surface area (Å²) in [6.07, 6.45) is 3.23. The van der Waals surface area contributed by atoms with Crippen LogP contribution >= 0.6 is 23.1 Å². The largest absolute Gasteiger partial charge is 0.418 e. The second-order valence-electron chi connectivity index (χ2n) is 6.94. The Kier molecular flexibility index (Phi) is 6.29. The van der Waals surface area contributed by atoms with Crippen molar-refractivity contribution in [3.8, 4) is 10.8 Å². The number of hydrogen-bond donors (Lipinski definition) is 0. The monoisotopic (exact) mass is 432 g/mol. The van der Waals surface area contributed by atoms with Gasteiger partial charge in [0.05, 0.1) is 17.2 Å². The summed E-state index contributed by atoms with van der Waals surface area (Å²) in [4.78, 5) is 15.6. The van der Waals surface area contributed by atoms with Crippen molar-refractivity contribution in [1.82, 2.24) is 29.9 Å². The first-order valence-electron chi connectivity index (χ1n) is 9.89. The predicted octanol–water partition coefficient (Wildman–Crippen LogP) is 3.82. The van der Waals surface area contributed by atoms with E-state index in [1.807, 2.05) is 24.4 Å². The van der Waals surface area contributed by atoms with E-state index in [1.54, 1.807) is 16.2 Å². The van der Waals surface area contributed by atoms with Crippen LogP contribution in [0.2, 0.25) is 0 Å². The summed E-state index contributed by atoms with van der Waals surface area (Å²) in [5.41, 5.74) is 0. The molecule has 4 rings (SSSR count). The highest BCUT2D eigenvalue weighted by Gasteiger charge is 2.30. The Morgan fingerprint density at radius 3 is 2.86 bits per heavy atom. The van der Waals surface area contributed by atoms with Gasteiger partial charge < -0.3 is 13.9 Å². The second-order valence-corrected chi connectivity index (χ2v) is 8.83. The minimum Gasteiger partial charge on any atom is -0.418 e. The Balaban J connectivity index is 1.39. The lowest BCUT2D eigenvalue weighted by Crippen LogP contribution is -2.33. The molecule has 0 aliphatic heterocycles. The van der Waals surface area contributed by atoms with Crippen molar-refractivity contribution in [3.05, 3.63) is 29.2 Å². The fourth-order valence-electron chi connectivity index (χ4n) is 3.11. The van der Waals surface area contributed by atoms with Crippen LogP contribution in [0, 0.1) is 0 Å². The van der Waals surface area contributed by atoms with E-state index in [0.29, 0.717) is 36.5 Å². The summed E-state index contributed by atoms with van der Waals surface area (Å²) in [7, 11) is 0. The van der Waals surface area contributed by atoms with E-state index in [0.717, 1.165) is 28.8 Å². The number of aromatic nitrogens is 5. The average Bonchev–Trinajstić information content (AvgIpc) is 3.14. The lowest BCUT2D eigenvalue weighted by Gasteiger charge is -2.20. The quantitative estimate of drug-likeness (QED) is 0.450. The summed E-state index contributed by atoms with van der Waals surface area (Å²) >= 11 is 2.99. The van der Waals surface area contributed by atoms with Crippen molar-refractivity contribution in [1.29, 1.82) is 0 Å². The Morgan fingerprint density at radius 1 is 1.31 bits per heavy atom. The molecule has 0 aromatic carbocycles. The van der Waals surface area contributed by atoms with Gasteiger partial charge in [-0.1, -0.05) is 24.8 Å². The Bertz CT molecular complexity index is 948. The molecule has 3 aromatic rings. The zero-order valence-corrected chi connectivity index (χ0v) is 18.2. The number of thioether (sulfide) groups is 1. The lowest BCUT2D eigenvalue weighted by atomic mass is 10.4. The maximum atomic E-state index is 12.9. The van der Waals surface area contributed by atoms with Gasteiger partial charge >= 0.3 is 0 Å². The van der Waals surface area contributed by atoms with Gasteiger partial charge in [0.2, 0.25) is 11.8 Å². The van der Waals surface area contributed by atoms with Crippen LogP contribution in [0.25, 0.3) is 10.8 Å². The third-order valence-electron chi connectivity index (χ3n) is 4.70. The van der Waals surface area contributed by atoms with Gasteiger partial charge in [-0.05, 0) is 37.6 Å². The van der Waals surface area contributed by atoms with E-state index < -0.39 is 0 Å². The predicted molar refractivity (Wildman–Crippen MR) is 112 cm³/mol. The maximum absolute atomic E-state index is 12.9. The number of thiophene rings is 1. The molecule has 8 nitrogen and oxygen atoms in total. The molecular formula is C19H24N6O2S2. The van der Waals surface area contributed by atoms with Crippen LogP contribution in [0.15, 0.2) is 27.1 Å². The van der Waals surface area contributed by atoms with Gasteiger partial charge in [-0.15, -0.1) is 31.7 Å². The second kappa shape index (κ2) is 9.08. The molecule has 1 aliphatic rings. The van der Waals surface area contributed by atoms with E-state index in [1.165, 1.54) is 24.6 Å². The molecule has 1 aliphatic carbocycles. The molecule has 0 atom stereocenters. The fourth-order valence-corrected chi connectivity index (χ4v) is 4.66. The zero-order valence-electron chi connectivity index (χ0n) is 16.6. The molecule has 10 heteroatoms.